The normalized spacial score (nSPS) is 12.5. The molecule has 0 saturated heterocycles. The van der Waals surface area contributed by atoms with Crippen LogP contribution in [0.2, 0.25) is 0 Å². The number of alkyl halides is 1. The number of thiophene rings is 1. The molecule has 1 heterocycles. The van der Waals surface area contributed by atoms with Crippen LogP contribution < -0.4 is 0 Å². The maximum Gasteiger partial charge on any atom is 0.227 e. The van der Waals surface area contributed by atoms with Crippen molar-refractivity contribution in [2.75, 3.05) is 13.6 Å². The summed E-state index contributed by atoms with van der Waals surface area (Å²) in [5.41, 5.74) is 0. The number of likely N-dealkylation sites (N-methyl/N-ethyl adjacent to an activating group) is 1. The number of carbonyl (C=O) groups is 1. The van der Waals surface area contributed by atoms with E-state index in [9.17, 15) is 4.79 Å². The van der Waals surface area contributed by atoms with Gasteiger partial charge in [-0.05, 0) is 24.8 Å². The summed E-state index contributed by atoms with van der Waals surface area (Å²) < 4.78 is 0. The van der Waals surface area contributed by atoms with Crippen LogP contribution in [0.25, 0.3) is 0 Å². The van der Waals surface area contributed by atoms with Crippen LogP contribution in [-0.4, -0.2) is 29.8 Å². The van der Waals surface area contributed by atoms with Crippen molar-refractivity contribution >= 4 is 28.8 Å². The third-order valence-electron chi connectivity index (χ3n) is 2.19. The van der Waals surface area contributed by atoms with Crippen molar-refractivity contribution in [3.63, 3.8) is 0 Å². The lowest BCUT2D eigenvalue weighted by Gasteiger charge is -2.17. The fraction of sp³-hybridized carbons (Fsp3) is 0.545. The topological polar surface area (TPSA) is 20.3 Å². The average molecular weight is 246 g/mol. The molecule has 0 N–H and O–H groups in total. The van der Waals surface area contributed by atoms with E-state index in [0.29, 0.717) is 6.42 Å². The van der Waals surface area contributed by atoms with Gasteiger partial charge in [0.05, 0.1) is 6.42 Å². The molecule has 15 heavy (non-hydrogen) atoms. The van der Waals surface area contributed by atoms with Crippen LogP contribution in [0.4, 0.5) is 0 Å². The molecule has 0 aromatic carbocycles. The second-order valence-corrected chi connectivity index (χ2v) is 5.42. The van der Waals surface area contributed by atoms with E-state index in [1.807, 2.05) is 31.5 Å². The zero-order chi connectivity index (χ0) is 11.3. The molecule has 1 aromatic rings. The van der Waals surface area contributed by atoms with E-state index in [2.05, 4.69) is 0 Å². The lowest BCUT2D eigenvalue weighted by Crippen LogP contribution is -2.29. The molecular weight excluding hydrogens is 230 g/mol. The number of hydrogen-bond donors (Lipinski definition) is 0. The third-order valence-corrected chi connectivity index (χ3v) is 3.29. The Bertz CT molecular complexity index is 298. The molecule has 1 unspecified atom stereocenters. The molecule has 0 aliphatic rings. The minimum atomic E-state index is 0.127. The molecule has 84 valence electrons. The van der Waals surface area contributed by atoms with Gasteiger partial charge in [-0.1, -0.05) is 6.07 Å². The zero-order valence-electron chi connectivity index (χ0n) is 9.07. The van der Waals surface area contributed by atoms with Crippen LogP contribution >= 0.6 is 22.9 Å². The van der Waals surface area contributed by atoms with Crippen LogP contribution in [-0.2, 0) is 11.2 Å². The molecule has 0 aliphatic heterocycles. The first-order chi connectivity index (χ1) is 7.09. The van der Waals surface area contributed by atoms with Gasteiger partial charge in [0, 0.05) is 23.8 Å². The number of hydrogen-bond acceptors (Lipinski definition) is 2. The molecular formula is C11H16ClNOS. The second kappa shape index (κ2) is 6.13. The van der Waals surface area contributed by atoms with Gasteiger partial charge in [0.1, 0.15) is 0 Å². The van der Waals surface area contributed by atoms with Gasteiger partial charge in [-0.15, -0.1) is 22.9 Å². The number of nitrogens with zero attached hydrogens (tertiary/aromatic N) is 1. The molecule has 1 rings (SSSR count). The Morgan fingerprint density at radius 2 is 2.40 bits per heavy atom. The van der Waals surface area contributed by atoms with Crippen molar-refractivity contribution in [3.8, 4) is 0 Å². The highest BCUT2D eigenvalue weighted by Gasteiger charge is 2.10. The Morgan fingerprint density at radius 1 is 1.67 bits per heavy atom. The number of carbonyl (C=O) groups excluding carboxylic acids is 1. The van der Waals surface area contributed by atoms with E-state index in [1.54, 1.807) is 16.2 Å². The van der Waals surface area contributed by atoms with Crippen LogP contribution in [0.3, 0.4) is 0 Å². The average Bonchev–Trinajstić information content (AvgIpc) is 2.66. The monoisotopic (exact) mass is 245 g/mol. The minimum absolute atomic E-state index is 0.127. The highest BCUT2D eigenvalue weighted by Crippen LogP contribution is 2.10. The van der Waals surface area contributed by atoms with Gasteiger partial charge in [-0.25, -0.2) is 0 Å². The first-order valence-corrected chi connectivity index (χ1v) is 6.31. The van der Waals surface area contributed by atoms with E-state index in [4.69, 9.17) is 11.6 Å². The summed E-state index contributed by atoms with van der Waals surface area (Å²) in [6.45, 7) is 2.67. The Hall–Kier alpha value is -0.540. The molecule has 0 bridgehead atoms. The summed E-state index contributed by atoms with van der Waals surface area (Å²) in [6, 6.07) is 3.95. The van der Waals surface area contributed by atoms with Crippen LogP contribution in [0, 0.1) is 0 Å². The van der Waals surface area contributed by atoms with E-state index >= 15 is 0 Å². The molecule has 4 heteroatoms. The lowest BCUT2D eigenvalue weighted by atomic mass is 10.3. The van der Waals surface area contributed by atoms with E-state index in [0.717, 1.165) is 17.8 Å². The molecule has 0 saturated carbocycles. The van der Waals surface area contributed by atoms with Crippen molar-refractivity contribution in [3.05, 3.63) is 22.4 Å². The van der Waals surface area contributed by atoms with Crippen LogP contribution in [0.5, 0.6) is 0 Å². The Labute approximate surface area is 99.9 Å². The third kappa shape index (κ3) is 4.67. The van der Waals surface area contributed by atoms with Crippen molar-refractivity contribution in [2.45, 2.75) is 25.1 Å². The van der Waals surface area contributed by atoms with Crippen molar-refractivity contribution in [1.29, 1.82) is 0 Å². The molecule has 1 amide bonds. The van der Waals surface area contributed by atoms with Gasteiger partial charge in [0.25, 0.3) is 0 Å². The predicted molar refractivity (Wildman–Crippen MR) is 65.6 cm³/mol. The van der Waals surface area contributed by atoms with Gasteiger partial charge in [-0.2, -0.15) is 0 Å². The van der Waals surface area contributed by atoms with Gasteiger partial charge in [0.2, 0.25) is 5.91 Å². The van der Waals surface area contributed by atoms with Crippen molar-refractivity contribution in [1.82, 2.24) is 4.90 Å². The SMILES string of the molecule is CC(Cl)CCN(C)C(=O)Cc1cccs1. The fourth-order valence-corrected chi connectivity index (χ4v) is 1.99. The standard InChI is InChI=1S/C11H16ClNOS/c1-9(12)5-6-13(2)11(14)8-10-4-3-7-15-10/h3-4,7,9H,5-6,8H2,1-2H3. The maximum atomic E-state index is 11.7. The molecule has 1 aromatic heterocycles. The first-order valence-electron chi connectivity index (χ1n) is 5.00. The zero-order valence-corrected chi connectivity index (χ0v) is 10.6. The number of rotatable bonds is 5. The van der Waals surface area contributed by atoms with Gasteiger partial charge in [0.15, 0.2) is 0 Å². The molecule has 2 nitrogen and oxygen atoms in total. The smallest absolute Gasteiger partial charge is 0.227 e. The quantitative estimate of drug-likeness (QED) is 0.731. The maximum absolute atomic E-state index is 11.7. The van der Waals surface area contributed by atoms with Crippen molar-refractivity contribution in [2.24, 2.45) is 0 Å². The fourth-order valence-electron chi connectivity index (χ4n) is 1.19. The van der Waals surface area contributed by atoms with Gasteiger partial charge in [-0.3, -0.25) is 4.79 Å². The summed E-state index contributed by atoms with van der Waals surface area (Å²) in [5.74, 6) is 0.162. The molecule has 0 spiro atoms. The highest BCUT2D eigenvalue weighted by molar-refractivity contribution is 7.10. The molecule has 1 atom stereocenters. The minimum Gasteiger partial charge on any atom is -0.345 e. The largest absolute Gasteiger partial charge is 0.345 e. The predicted octanol–water partition coefficient (Wildman–Crippen LogP) is 2.77. The first kappa shape index (κ1) is 12.5. The molecule has 0 radical (unpaired) electrons. The van der Waals surface area contributed by atoms with E-state index in [-0.39, 0.29) is 11.3 Å². The Balaban J connectivity index is 2.33. The second-order valence-electron chi connectivity index (χ2n) is 3.64. The molecule has 0 aliphatic carbocycles. The Morgan fingerprint density at radius 3 is 2.93 bits per heavy atom. The van der Waals surface area contributed by atoms with Crippen molar-refractivity contribution < 1.29 is 4.79 Å². The highest BCUT2D eigenvalue weighted by atomic mass is 35.5. The number of amides is 1. The van der Waals surface area contributed by atoms with Crippen LogP contribution in [0.15, 0.2) is 17.5 Å². The summed E-state index contributed by atoms with van der Waals surface area (Å²) in [4.78, 5) is 14.6. The van der Waals surface area contributed by atoms with Crippen LogP contribution in [0.1, 0.15) is 18.2 Å². The number of halogens is 1. The summed E-state index contributed by atoms with van der Waals surface area (Å²) in [7, 11) is 1.83. The summed E-state index contributed by atoms with van der Waals surface area (Å²) in [5, 5.41) is 2.12. The van der Waals surface area contributed by atoms with Gasteiger partial charge < -0.3 is 4.90 Å². The summed E-state index contributed by atoms with van der Waals surface area (Å²) in [6.07, 6.45) is 1.35. The van der Waals surface area contributed by atoms with E-state index < -0.39 is 0 Å². The Kier molecular flexibility index (Phi) is 5.12. The van der Waals surface area contributed by atoms with E-state index in [1.165, 1.54) is 0 Å². The lowest BCUT2D eigenvalue weighted by molar-refractivity contribution is -0.129. The molecule has 0 fully saturated rings. The van der Waals surface area contributed by atoms with Gasteiger partial charge >= 0.3 is 0 Å². The summed E-state index contributed by atoms with van der Waals surface area (Å²) >= 11 is 7.45.